The molecule has 122 valence electrons. The number of nitro benzene ring substituents is 1. The first-order valence-corrected chi connectivity index (χ1v) is 8.10. The number of non-ortho nitro benzene ring substituents is 1. The molecule has 0 fully saturated rings. The van der Waals surface area contributed by atoms with Crippen LogP contribution in [0.25, 0.3) is 0 Å². The third kappa shape index (κ3) is 3.23. The second kappa shape index (κ2) is 6.71. The van der Waals surface area contributed by atoms with Gasteiger partial charge in [0.1, 0.15) is 5.92 Å². The van der Waals surface area contributed by atoms with Crippen molar-refractivity contribution in [2.75, 3.05) is 5.01 Å². The molecule has 1 aliphatic rings. The molecule has 1 atom stereocenters. The highest BCUT2D eigenvalue weighted by atomic mass is 32.1. The summed E-state index contributed by atoms with van der Waals surface area (Å²) in [4.78, 5) is 28.2. The molecular formula is C16H14N4O3S. The SMILES string of the molecule is CC1=NN(c2ccc([N+](=O)[O-])cc2)C(=O)[C@@H]1C=NCc1cccs1. The Balaban J connectivity index is 1.72. The van der Waals surface area contributed by atoms with E-state index in [0.29, 0.717) is 17.9 Å². The molecule has 0 N–H and O–H groups in total. The van der Waals surface area contributed by atoms with E-state index in [-0.39, 0.29) is 11.6 Å². The van der Waals surface area contributed by atoms with Gasteiger partial charge in [0.2, 0.25) is 0 Å². The lowest BCUT2D eigenvalue weighted by Crippen LogP contribution is -2.27. The number of amides is 1. The average Bonchev–Trinajstić information content (AvgIpc) is 3.18. The van der Waals surface area contributed by atoms with Gasteiger partial charge in [-0.3, -0.25) is 19.9 Å². The summed E-state index contributed by atoms with van der Waals surface area (Å²) in [7, 11) is 0. The molecule has 2 aromatic rings. The number of benzene rings is 1. The van der Waals surface area contributed by atoms with Crippen LogP contribution in [0.2, 0.25) is 0 Å². The molecule has 2 heterocycles. The summed E-state index contributed by atoms with van der Waals surface area (Å²) in [5.74, 6) is -0.712. The molecule has 0 saturated heterocycles. The van der Waals surface area contributed by atoms with Crippen LogP contribution in [-0.4, -0.2) is 22.8 Å². The highest BCUT2D eigenvalue weighted by Crippen LogP contribution is 2.25. The number of hydrogen-bond donors (Lipinski definition) is 0. The number of aliphatic imine (C=N–C) groups is 1. The molecular weight excluding hydrogens is 328 g/mol. The molecule has 0 unspecified atom stereocenters. The second-order valence-corrected chi connectivity index (χ2v) is 6.24. The van der Waals surface area contributed by atoms with Crippen molar-refractivity contribution in [2.45, 2.75) is 13.5 Å². The molecule has 1 aliphatic heterocycles. The van der Waals surface area contributed by atoms with Crippen LogP contribution in [0.1, 0.15) is 11.8 Å². The van der Waals surface area contributed by atoms with Crippen molar-refractivity contribution in [3.8, 4) is 0 Å². The van der Waals surface area contributed by atoms with Crippen LogP contribution in [0.5, 0.6) is 0 Å². The molecule has 0 spiro atoms. The van der Waals surface area contributed by atoms with Gasteiger partial charge in [-0.15, -0.1) is 11.3 Å². The van der Waals surface area contributed by atoms with Gasteiger partial charge in [-0.05, 0) is 30.5 Å². The lowest BCUT2D eigenvalue weighted by molar-refractivity contribution is -0.384. The smallest absolute Gasteiger partial charge is 0.269 e. The van der Waals surface area contributed by atoms with Gasteiger partial charge in [0, 0.05) is 23.2 Å². The van der Waals surface area contributed by atoms with E-state index in [9.17, 15) is 14.9 Å². The van der Waals surface area contributed by atoms with Gasteiger partial charge in [0.25, 0.3) is 11.6 Å². The molecule has 1 amide bonds. The summed E-state index contributed by atoms with van der Waals surface area (Å²) >= 11 is 1.61. The van der Waals surface area contributed by atoms with E-state index in [0.717, 1.165) is 4.88 Å². The van der Waals surface area contributed by atoms with Crippen LogP contribution in [0.15, 0.2) is 51.9 Å². The minimum absolute atomic E-state index is 0.0276. The minimum Gasteiger partial charge on any atom is -0.291 e. The summed E-state index contributed by atoms with van der Waals surface area (Å²) in [6, 6.07) is 9.68. The Morgan fingerprint density at radius 2 is 2.12 bits per heavy atom. The van der Waals surface area contributed by atoms with Crippen molar-refractivity contribution in [3.05, 3.63) is 56.8 Å². The molecule has 0 bridgehead atoms. The fraction of sp³-hybridized carbons (Fsp3) is 0.188. The molecule has 0 radical (unpaired) electrons. The number of thiophene rings is 1. The molecule has 3 rings (SSSR count). The first-order valence-electron chi connectivity index (χ1n) is 7.22. The Morgan fingerprint density at radius 1 is 1.38 bits per heavy atom. The topological polar surface area (TPSA) is 88.2 Å². The van der Waals surface area contributed by atoms with Crippen LogP contribution in [0.4, 0.5) is 11.4 Å². The molecule has 24 heavy (non-hydrogen) atoms. The third-order valence-corrected chi connectivity index (χ3v) is 4.43. The Hall–Kier alpha value is -2.87. The number of hydrazone groups is 1. The highest BCUT2D eigenvalue weighted by molar-refractivity contribution is 7.09. The first-order chi connectivity index (χ1) is 11.6. The number of nitrogens with zero attached hydrogens (tertiary/aromatic N) is 4. The lowest BCUT2D eigenvalue weighted by atomic mass is 10.1. The number of carbonyl (C=O) groups excluding carboxylic acids is 1. The van der Waals surface area contributed by atoms with Gasteiger partial charge in [-0.25, -0.2) is 0 Å². The number of anilines is 1. The third-order valence-electron chi connectivity index (χ3n) is 3.57. The van der Waals surface area contributed by atoms with Crippen molar-refractivity contribution in [2.24, 2.45) is 16.0 Å². The van der Waals surface area contributed by atoms with E-state index in [1.807, 2.05) is 17.5 Å². The van der Waals surface area contributed by atoms with Crippen molar-refractivity contribution < 1.29 is 9.72 Å². The van der Waals surface area contributed by atoms with Gasteiger partial charge >= 0.3 is 0 Å². The van der Waals surface area contributed by atoms with Crippen molar-refractivity contribution in [1.82, 2.24) is 0 Å². The molecule has 1 aromatic carbocycles. The summed E-state index contributed by atoms with van der Waals surface area (Å²) in [6.07, 6.45) is 1.62. The maximum Gasteiger partial charge on any atom is 0.269 e. The molecule has 1 aromatic heterocycles. The van der Waals surface area contributed by atoms with Crippen molar-refractivity contribution >= 4 is 40.5 Å². The van der Waals surface area contributed by atoms with Crippen molar-refractivity contribution in [3.63, 3.8) is 0 Å². The van der Waals surface area contributed by atoms with E-state index in [1.165, 1.54) is 29.3 Å². The van der Waals surface area contributed by atoms with Gasteiger partial charge < -0.3 is 0 Å². The van der Waals surface area contributed by atoms with Crippen molar-refractivity contribution in [1.29, 1.82) is 0 Å². The largest absolute Gasteiger partial charge is 0.291 e. The summed E-state index contributed by atoms with van der Waals surface area (Å²) in [5.41, 5.74) is 1.12. The predicted molar refractivity (Wildman–Crippen MR) is 93.7 cm³/mol. The van der Waals surface area contributed by atoms with E-state index in [2.05, 4.69) is 10.1 Å². The maximum absolute atomic E-state index is 12.5. The maximum atomic E-state index is 12.5. The first kappa shape index (κ1) is 16.0. The standard InChI is InChI=1S/C16H14N4O3S/c1-11-15(10-17-9-14-3-2-8-24-14)16(21)19(18-11)12-4-6-13(7-5-12)20(22)23/h2-8,10,15H,9H2,1H3/t15-/m1/s1. The zero-order valence-electron chi connectivity index (χ0n) is 12.8. The van der Waals surface area contributed by atoms with Gasteiger partial charge in [0.05, 0.1) is 22.9 Å². The van der Waals surface area contributed by atoms with E-state index in [4.69, 9.17) is 0 Å². The fourth-order valence-corrected chi connectivity index (χ4v) is 2.94. The van der Waals surface area contributed by atoms with E-state index >= 15 is 0 Å². The van der Waals surface area contributed by atoms with Crippen LogP contribution < -0.4 is 5.01 Å². The molecule has 8 heteroatoms. The summed E-state index contributed by atoms with van der Waals surface area (Å²) < 4.78 is 0. The molecule has 7 nitrogen and oxygen atoms in total. The Morgan fingerprint density at radius 3 is 2.75 bits per heavy atom. The summed E-state index contributed by atoms with van der Waals surface area (Å²) in [6.45, 7) is 2.30. The normalized spacial score (nSPS) is 17.5. The van der Waals surface area contributed by atoms with Crippen LogP contribution in [-0.2, 0) is 11.3 Å². The minimum atomic E-state index is -0.500. The second-order valence-electron chi connectivity index (χ2n) is 5.21. The van der Waals surface area contributed by atoms with Gasteiger partial charge in [0.15, 0.2) is 0 Å². The number of rotatable bonds is 5. The molecule has 0 saturated carbocycles. The van der Waals surface area contributed by atoms with Gasteiger partial charge in [-0.2, -0.15) is 10.1 Å². The Kier molecular flexibility index (Phi) is 4.48. The van der Waals surface area contributed by atoms with Crippen LogP contribution in [0.3, 0.4) is 0 Å². The van der Waals surface area contributed by atoms with Gasteiger partial charge in [-0.1, -0.05) is 6.07 Å². The monoisotopic (exact) mass is 342 g/mol. The van der Waals surface area contributed by atoms with Crippen LogP contribution in [0, 0.1) is 16.0 Å². The average molecular weight is 342 g/mol. The zero-order valence-corrected chi connectivity index (χ0v) is 13.6. The zero-order chi connectivity index (χ0) is 17.1. The number of carbonyl (C=O) groups is 1. The number of hydrogen-bond acceptors (Lipinski definition) is 6. The Labute approximate surface area is 142 Å². The fourth-order valence-electron chi connectivity index (χ4n) is 2.30. The lowest BCUT2D eigenvalue weighted by Gasteiger charge is -2.12. The summed E-state index contributed by atoms with van der Waals surface area (Å²) in [5, 5.41) is 18.2. The Bertz CT molecular complexity index is 812. The molecule has 0 aliphatic carbocycles. The van der Waals surface area contributed by atoms with E-state index < -0.39 is 10.8 Å². The van der Waals surface area contributed by atoms with E-state index in [1.54, 1.807) is 24.5 Å². The quantitative estimate of drug-likeness (QED) is 0.474. The predicted octanol–water partition coefficient (Wildman–Crippen LogP) is 3.27. The number of nitro groups is 1. The van der Waals surface area contributed by atoms with Crippen LogP contribution >= 0.6 is 11.3 Å². The highest BCUT2D eigenvalue weighted by Gasteiger charge is 2.33.